The van der Waals surface area contributed by atoms with Crippen LogP contribution in [0, 0.1) is 12.7 Å². The molecule has 3 aromatic rings. The number of thiazole rings is 1. The summed E-state index contributed by atoms with van der Waals surface area (Å²) in [5, 5.41) is 0. The SMILES string of the molecule is CCOC(=O)/C=C/c1c(C)sc2nc(COc3ccc(F)cc3)cc(=O)n12. The van der Waals surface area contributed by atoms with Crippen molar-refractivity contribution >= 4 is 28.3 Å². The molecule has 6 nitrogen and oxygen atoms in total. The molecule has 0 radical (unpaired) electrons. The van der Waals surface area contributed by atoms with E-state index in [1.807, 2.05) is 6.92 Å². The summed E-state index contributed by atoms with van der Waals surface area (Å²) in [5.41, 5.74) is 0.781. The number of carbonyl (C=O) groups is 1. The fourth-order valence-electron chi connectivity index (χ4n) is 2.43. The van der Waals surface area contributed by atoms with Gasteiger partial charge in [-0.15, -0.1) is 11.3 Å². The second-order valence-corrected chi connectivity index (χ2v) is 6.76. The Morgan fingerprint density at radius 2 is 2.07 bits per heavy atom. The molecule has 2 heterocycles. The highest BCUT2D eigenvalue weighted by atomic mass is 32.1. The molecule has 0 aliphatic rings. The van der Waals surface area contributed by atoms with Crippen molar-refractivity contribution in [3.05, 3.63) is 68.8 Å². The predicted molar refractivity (Wildman–Crippen MR) is 100 cm³/mol. The molecule has 0 fully saturated rings. The number of hydrogen-bond donors (Lipinski definition) is 0. The molecule has 0 aliphatic carbocycles. The van der Waals surface area contributed by atoms with Crippen LogP contribution in [0.3, 0.4) is 0 Å². The second kappa shape index (κ2) is 8.13. The number of aromatic nitrogens is 2. The molecule has 2 aromatic heterocycles. The van der Waals surface area contributed by atoms with Gasteiger partial charge in [0.05, 0.1) is 18.0 Å². The highest BCUT2D eigenvalue weighted by Gasteiger charge is 2.12. The zero-order valence-electron chi connectivity index (χ0n) is 14.8. The fraction of sp³-hybridized carbons (Fsp3) is 0.211. The summed E-state index contributed by atoms with van der Waals surface area (Å²) in [7, 11) is 0. The first kappa shape index (κ1) is 18.8. The van der Waals surface area contributed by atoms with E-state index in [0.717, 1.165) is 4.88 Å². The Morgan fingerprint density at radius 3 is 2.78 bits per heavy atom. The Morgan fingerprint density at radius 1 is 1.33 bits per heavy atom. The van der Waals surface area contributed by atoms with Gasteiger partial charge in [-0.1, -0.05) is 0 Å². The Kier molecular flexibility index (Phi) is 5.66. The summed E-state index contributed by atoms with van der Waals surface area (Å²) >= 11 is 1.34. The third-order valence-electron chi connectivity index (χ3n) is 3.65. The van der Waals surface area contributed by atoms with E-state index in [4.69, 9.17) is 9.47 Å². The van der Waals surface area contributed by atoms with E-state index in [9.17, 15) is 14.0 Å². The summed E-state index contributed by atoms with van der Waals surface area (Å²) in [6.07, 6.45) is 2.84. The largest absolute Gasteiger partial charge is 0.487 e. The summed E-state index contributed by atoms with van der Waals surface area (Å²) in [6, 6.07) is 6.99. The molecule has 0 bridgehead atoms. The van der Waals surface area contributed by atoms with Crippen LogP contribution >= 0.6 is 11.3 Å². The van der Waals surface area contributed by atoms with Crippen LogP contribution in [0.2, 0.25) is 0 Å². The van der Waals surface area contributed by atoms with E-state index < -0.39 is 5.97 Å². The minimum Gasteiger partial charge on any atom is -0.487 e. The van der Waals surface area contributed by atoms with Gasteiger partial charge in [0.15, 0.2) is 4.96 Å². The standard InChI is InChI=1S/C19H17FN2O4S/c1-3-25-18(24)9-8-16-12(2)27-19-21-14(10-17(23)22(16)19)11-26-15-6-4-13(20)5-7-15/h4-10H,3,11H2,1-2H3/b9-8+. The van der Waals surface area contributed by atoms with Gasteiger partial charge >= 0.3 is 5.97 Å². The van der Waals surface area contributed by atoms with E-state index >= 15 is 0 Å². The minimum absolute atomic E-state index is 0.0856. The van der Waals surface area contributed by atoms with Crippen LogP contribution in [0.4, 0.5) is 4.39 Å². The first-order valence-electron chi connectivity index (χ1n) is 8.23. The minimum atomic E-state index is -0.471. The number of benzene rings is 1. The highest BCUT2D eigenvalue weighted by Crippen LogP contribution is 2.21. The third-order valence-corrected chi connectivity index (χ3v) is 4.62. The van der Waals surface area contributed by atoms with E-state index in [1.54, 1.807) is 13.0 Å². The van der Waals surface area contributed by atoms with Crippen molar-refractivity contribution in [3.63, 3.8) is 0 Å². The fourth-order valence-corrected chi connectivity index (χ4v) is 3.41. The van der Waals surface area contributed by atoms with Gasteiger partial charge in [-0.05, 0) is 44.2 Å². The Hall–Kier alpha value is -3.00. The van der Waals surface area contributed by atoms with Gasteiger partial charge in [0.1, 0.15) is 18.2 Å². The van der Waals surface area contributed by atoms with Gasteiger partial charge in [0.2, 0.25) is 0 Å². The van der Waals surface area contributed by atoms with Crippen LogP contribution in [0.1, 0.15) is 23.2 Å². The molecule has 0 N–H and O–H groups in total. The number of halogens is 1. The molecule has 0 saturated carbocycles. The Bertz CT molecular complexity index is 1050. The quantitative estimate of drug-likeness (QED) is 0.478. The molecule has 27 heavy (non-hydrogen) atoms. The highest BCUT2D eigenvalue weighted by molar-refractivity contribution is 7.17. The number of aryl methyl sites for hydroxylation is 1. The topological polar surface area (TPSA) is 69.9 Å². The number of rotatable bonds is 6. The summed E-state index contributed by atoms with van der Waals surface area (Å²) in [6.45, 7) is 3.94. The van der Waals surface area contributed by atoms with Gasteiger partial charge in [0.25, 0.3) is 5.56 Å². The first-order chi connectivity index (χ1) is 13.0. The molecule has 3 rings (SSSR count). The normalized spacial score (nSPS) is 11.2. The number of nitrogens with zero attached hydrogens (tertiary/aromatic N) is 2. The van der Waals surface area contributed by atoms with Crippen molar-refractivity contribution in [2.24, 2.45) is 0 Å². The number of carbonyl (C=O) groups excluding carboxylic acids is 1. The molecule has 140 valence electrons. The lowest BCUT2D eigenvalue weighted by Gasteiger charge is -2.06. The van der Waals surface area contributed by atoms with Crippen LogP contribution < -0.4 is 10.3 Å². The number of fused-ring (bicyclic) bond motifs is 1. The smallest absolute Gasteiger partial charge is 0.330 e. The lowest BCUT2D eigenvalue weighted by atomic mass is 10.3. The van der Waals surface area contributed by atoms with Crippen molar-refractivity contribution in [2.75, 3.05) is 6.61 Å². The molecular formula is C19H17FN2O4S. The van der Waals surface area contributed by atoms with Crippen LogP contribution in [0.15, 0.2) is 41.2 Å². The van der Waals surface area contributed by atoms with Gasteiger partial charge in [-0.3, -0.25) is 9.20 Å². The molecule has 1 aromatic carbocycles. The molecule has 0 unspecified atom stereocenters. The number of esters is 1. The monoisotopic (exact) mass is 388 g/mol. The number of ether oxygens (including phenoxy) is 2. The van der Waals surface area contributed by atoms with Crippen LogP contribution in [-0.2, 0) is 16.1 Å². The molecular weight excluding hydrogens is 371 g/mol. The van der Waals surface area contributed by atoms with Crippen molar-refractivity contribution in [1.82, 2.24) is 9.38 Å². The Balaban J connectivity index is 1.86. The van der Waals surface area contributed by atoms with E-state index in [-0.39, 0.29) is 24.6 Å². The average Bonchev–Trinajstić information content (AvgIpc) is 2.95. The van der Waals surface area contributed by atoms with Crippen molar-refractivity contribution in [1.29, 1.82) is 0 Å². The summed E-state index contributed by atoms with van der Waals surface area (Å²) in [5.74, 6) is -0.335. The van der Waals surface area contributed by atoms with Crippen LogP contribution in [-0.4, -0.2) is 22.0 Å². The molecule has 0 amide bonds. The van der Waals surface area contributed by atoms with Gasteiger partial charge in [0, 0.05) is 17.0 Å². The molecule has 0 spiro atoms. The average molecular weight is 388 g/mol. The zero-order chi connectivity index (χ0) is 19.4. The molecule has 0 atom stereocenters. The zero-order valence-corrected chi connectivity index (χ0v) is 15.6. The molecule has 0 saturated heterocycles. The maximum Gasteiger partial charge on any atom is 0.330 e. The predicted octanol–water partition coefficient (Wildman–Crippen LogP) is 3.36. The third kappa shape index (κ3) is 4.40. The maximum atomic E-state index is 12.9. The van der Waals surface area contributed by atoms with E-state index in [2.05, 4.69) is 4.98 Å². The molecule has 0 aliphatic heterocycles. The summed E-state index contributed by atoms with van der Waals surface area (Å²) in [4.78, 5) is 29.8. The van der Waals surface area contributed by atoms with Crippen molar-refractivity contribution in [3.8, 4) is 5.75 Å². The second-order valence-electron chi connectivity index (χ2n) is 5.58. The Labute approximate surface area is 158 Å². The van der Waals surface area contributed by atoms with Crippen LogP contribution in [0.5, 0.6) is 5.75 Å². The first-order valence-corrected chi connectivity index (χ1v) is 9.05. The lowest BCUT2D eigenvalue weighted by Crippen LogP contribution is -2.16. The van der Waals surface area contributed by atoms with E-state index in [0.29, 0.717) is 22.1 Å². The maximum absolute atomic E-state index is 12.9. The van der Waals surface area contributed by atoms with Gasteiger partial charge < -0.3 is 9.47 Å². The number of hydrogen-bond acceptors (Lipinski definition) is 6. The van der Waals surface area contributed by atoms with Crippen molar-refractivity contribution < 1.29 is 18.7 Å². The van der Waals surface area contributed by atoms with Crippen molar-refractivity contribution in [2.45, 2.75) is 20.5 Å². The van der Waals surface area contributed by atoms with Gasteiger partial charge in [-0.25, -0.2) is 14.2 Å². The summed E-state index contributed by atoms with van der Waals surface area (Å²) < 4.78 is 24.8. The van der Waals surface area contributed by atoms with Crippen LogP contribution in [0.25, 0.3) is 11.0 Å². The van der Waals surface area contributed by atoms with E-state index in [1.165, 1.54) is 52.1 Å². The molecule has 8 heteroatoms. The lowest BCUT2D eigenvalue weighted by molar-refractivity contribution is -0.137. The van der Waals surface area contributed by atoms with Gasteiger partial charge in [-0.2, -0.15) is 0 Å².